The number of carbonyl (C=O) groups is 1. The molecule has 0 saturated carbocycles. The van der Waals surface area contributed by atoms with Crippen molar-refractivity contribution in [3.8, 4) is 0 Å². The van der Waals surface area contributed by atoms with Crippen molar-refractivity contribution in [3.63, 3.8) is 0 Å². The van der Waals surface area contributed by atoms with Crippen molar-refractivity contribution < 1.29 is 17.7 Å². The van der Waals surface area contributed by atoms with Crippen LogP contribution in [0.15, 0.2) is 0 Å². The van der Waals surface area contributed by atoms with E-state index in [9.17, 15) is 9.00 Å². The summed E-state index contributed by atoms with van der Waals surface area (Å²) in [7, 11) is 0. The molecule has 0 aliphatic heterocycles. The van der Waals surface area contributed by atoms with Gasteiger partial charge in [0.15, 0.2) is 0 Å². The Kier molecular flexibility index (Phi) is 3.82. The number of ketones is 1. The maximum atomic E-state index is 10.5. The van der Waals surface area contributed by atoms with Gasteiger partial charge in [-0.15, -0.1) is 0 Å². The fraction of sp³-hybridized carbons (Fsp3) is 0.500. The van der Waals surface area contributed by atoms with Gasteiger partial charge in [0.05, 0.1) is 0 Å². The molecule has 1 atom stereocenters. The molecule has 0 aromatic heterocycles. The first-order chi connectivity index (χ1) is 4.57. The van der Waals surface area contributed by atoms with Crippen LogP contribution in [-0.4, -0.2) is 20.4 Å². The molecule has 0 aromatic rings. The predicted octanol–water partition coefficient (Wildman–Crippen LogP) is 0.0961. The third kappa shape index (κ3) is 3.31. The minimum atomic E-state index is -2.56. The van der Waals surface area contributed by atoms with Gasteiger partial charge < -0.3 is 4.18 Å². The summed E-state index contributed by atoms with van der Waals surface area (Å²) in [6.45, 7) is 1.53. The summed E-state index contributed by atoms with van der Waals surface area (Å²) in [5, 5.41) is 6.70. The van der Waals surface area contributed by atoms with E-state index in [1.54, 1.807) is 0 Å². The van der Waals surface area contributed by atoms with Crippen LogP contribution in [-0.2, 0) is 20.3 Å². The average Bonchev–Trinajstić information content (AvgIpc) is 1.85. The van der Waals surface area contributed by atoms with Gasteiger partial charge in [-0.1, -0.05) is 6.92 Å². The lowest BCUT2D eigenvalue weighted by Crippen LogP contribution is -2.16. The van der Waals surface area contributed by atoms with Gasteiger partial charge in [0, 0.05) is 6.42 Å². The van der Waals surface area contributed by atoms with Crippen LogP contribution in [0.2, 0.25) is 0 Å². The van der Waals surface area contributed by atoms with Gasteiger partial charge in [0.25, 0.3) is 5.90 Å². The fourth-order valence-corrected chi connectivity index (χ4v) is 0.514. The van der Waals surface area contributed by atoms with Crippen LogP contribution in [0.1, 0.15) is 13.3 Å². The first-order valence-corrected chi connectivity index (χ1v) is 3.52. The predicted molar refractivity (Wildman–Crippen MR) is 34.9 cm³/mol. The molecule has 2 N–H and O–H groups in total. The molecule has 10 heavy (non-hydrogen) atoms. The van der Waals surface area contributed by atoms with Crippen LogP contribution in [0.25, 0.3) is 0 Å². The van der Waals surface area contributed by atoms with Crippen LogP contribution < -0.4 is 0 Å². The van der Waals surface area contributed by atoms with E-state index in [2.05, 4.69) is 4.18 Å². The highest BCUT2D eigenvalue weighted by Crippen LogP contribution is 1.88. The first-order valence-electron chi connectivity index (χ1n) is 2.48. The number of hydrogen-bond donors (Lipinski definition) is 2. The molecule has 0 fully saturated rings. The van der Waals surface area contributed by atoms with Crippen molar-refractivity contribution in [2.24, 2.45) is 0 Å². The Labute approximate surface area is 60.4 Å². The minimum absolute atomic E-state index is 0.0933. The molecule has 58 valence electrons. The lowest BCUT2D eigenvalue weighted by Gasteiger charge is -1.96. The quantitative estimate of drug-likeness (QED) is 0.352. The minimum Gasteiger partial charge on any atom is -0.356 e. The SMILES string of the molecule is CCC(=O)C(=N)OS(=O)O. The Balaban J connectivity index is 3.86. The van der Waals surface area contributed by atoms with Gasteiger partial charge >= 0.3 is 11.4 Å². The van der Waals surface area contributed by atoms with E-state index in [-0.39, 0.29) is 6.42 Å². The van der Waals surface area contributed by atoms with Gasteiger partial charge in [-0.3, -0.25) is 14.8 Å². The zero-order valence-corrected chi connectivity index (χ0v) is 6.10. The van der Waals surface area contributed by atoms with Crippen molar-refractivity contribution in [1.82, 2.24) is 0 Å². The van der Waals surface area contributed by atoms with Gasteiger partial charge in [0.2, 0.25) is 5.78 Å². The molecule has 0 saturated heterocycles. The molecule has 0 radical (unpaired) electrons. The zero-order valence-electron chi connectivity index (χ0n) is 5.29. The molecule has 1 unspecified atom stereocenters. The number of nitrogens with one attached hydrogen (secondary N) is 1. The monoisotopic (exact) mass is 165 g/mol. The number of carbonyl (C=O) groups excluding carboxylic acids is 1. The Morgan fingerprint density at radius 2 is 2.30 bits per heavy atom. The summed E-state index contributed by atoms with van der Waals surface area (Å²) in [4.78, 5) is 10.5. The molecule has 0 bridgehead atoms. The second kappa shape index (κ2) is 4.13. The molecule has 0 amide bonds. The molecule has 0 aliphatic carbocycles. The molecular formula is C4H7NO4S. The molecule has 0 aromatic carbocycles. The Morgan fingerprint density at radius 1 is 1.80 bits per heavy atom. The van der Waals surface area contributed by atoms with Crippen molar-refractivity contribution in [2.75, 3.05) is 0 Å². The molecule has 5 nitrogen and oxygen atoms in total. The van der Waals surface area contributed by atoms with E-state index in [1.807, 2.05) is 0 Å². The molecule has 0 aliphatic rings. The molecule has 6 heteroatoms. The highest BCUT2D eigenvalue weighted by molar-refractivity contribution is 7.74. The number of rotatable bonds is 3. The van der Waals surface area contributed by atoms with Crippen LogP contribution in [0.5, 0.6) is 0 Å². The van der Waals surface area contributed by atoms with Gasteiger partial charge in [-0.05, 0) is 0 Å². The lowest BCUT2D eigenvalue weighted by molar-refractivity contribution is -0.113. The maximum Gasteiger partial charge on any atom is 0.359 e. The van der Waals surface area contributed by atoms with E-state index >= 15 is 0 Å². The van der Waals surface area contributed by atoms with Crippen molar-refractivity contribution in [1.29, 1.82) is 5.41 Å². The molecule has 0 spiro atoms. The molecular weight excluding hydrogens is 158 g/mol. The third-order valence-electron chi connectivity index (χ3n) is 0.729. The van der Waals surface area contributed by atoms with Crippen LogP contribution in [0.4, 0.5) is 0 Å². The summed E-state index contributed by atoms with van der Waals surface area (Å²) >= 11 is -2.56. The van der Waals surface area contributed by atoms with E-state index in [0.29, 0.717) is 0 Å². The standard InChI is InChI=1S/C4H7NO4S/c1-2-3(6)4(5)9-10(7)8/h5H,2H2,1H3,(H,7,8). The number of hydrogen-bond acceptors (Lipinski definition) is 4. The summed E-state index contributed by atoms with van der Waals surface area (Å²) in [6, 6.07) is 0. The average molecular weight is 165 g/mol. The van der Waals surface area contributed by atoms with E-state index < -0.39 is 23.0 Å². The van der Waals surface area contributed by atoms with Gasteiger partial charge in [-0.2, -0.15) is 4.21 Å². The van der Waals surface area contributed by atoms with Crippen molar-refractivity contribution in [3.05, 3.63) is 0 Å². The number of Topliss-reactive ketones (excluding diaryl/α,β-unsaturated/α-hetero) is 1. The van der Waals surface area contributed by atoms with Gasteiger partial charge in [-0.25, -0.2) is 0 Å². The lowest BCUT2D eigenvalue weighted by atomic mass is 10.3. The summed E-state index contributed by atoms with van der Waals surface area (Å²) in [5.74, 6) is -1.37. The van der Waals surface area contributed by atoms with E-state index in [4.69, 9.17) is 9.96 Å². The third-order valence-corrected chi connectivity index (χ3v) is 1.04. The Bertz CT molecular complexity index is 178. The zero-order chi connectivity index (χ0) is 8.15. The van der Waals surface area contributed by atoms with E-state index in [1.165, 1.54) is 6.92 Å². The largest absolute Gasteiger partial charge is 0.359 e. The second-order valence-corrected chi connectivity index (χ2v) is 2.01. The molecule has 0 rings (SSSR count). The molecule has 0 heterocycles. The Morgan fingerprint density at radius 3 is 2.60 bits per heavy atom. The normalized spacial score (nSPS) is 12.2. The summed E-state index contributed by atoms with van der Waals surface area (Å²) in [6.07, 6.45) is 0.0933. The maximum absolute atomic E-state index is 10.5. The second-order valence-electron chi connectivity index (χ2n) is 1.41. The van der Waals surface area contributed by atoms with E-state index in [0.717, 1.165) is 0 Å². The topological polar surface area (TPSA) is 87.5 Å². The fourth-order valence-electron chi connectivity index (χ4n) is 0.278. The van der Waals surface area contributed by atoms with Crippen LogP contribution in [0, 0.1) is 5.41 Å². The highest BCUT2D eigenvalue weighted by atomic mass is 32.2. The summed E-state index contributed by atoms with van der Waals surface area (Å²) in [5.41, 5.74) is 0. The van der Waals surface area contributed by atoms with Crippen LogP contribution >= 0.6 is 0 Å². The smallest absolute Gasteiger partial charge is 0.356 e. The van der Waals surface area contributed by atoms with Crippen molar-refractivity contribution in [2.45, 2.75) is 13.3 Å². The highest BCUT2D eigenvalue weighted by Gasteiger charge is 2.10. The Hall–Kier alpha value is -0.750. The van der Waals surface area contributed by atoms with Gasteiger partial charge in [0.1, 0.15) is 0 Å². The van der Waals surface area contributed by atoms with Crippen molar-refractivity contribution >= 4 is 23.0 Å². The first kappa shape index (κ1) is 9.25. The summed E-state index contributed by atoms with van der Waals surface area (Å²) < 4.78 is 21.7. The van der Waals surface area contributed by atoms with Crippen LogP contribution in [0.3, 0.4) is 0 Å².